The molecule has 0 amide bonds. The Bertz CT molecular complexity index is 553. The number of nitrogens with one attached hydrogen (secondary N) is 1. The van der Waals surface area contributed by atoms with Crippen molar-refractivity contribution in [3.63, 3.8) is 0 Å². The standard InChI is InChI=1S/C16H20FNOS/c1-3-14-6-7-15(20-14)11-19-16-8-5-13(17)9-12(16)10-18-4-2/h5-9,18H,3-4,10-11H2,1-2H3. The van der Waals surface area contributed by atoms with Crippen LogP contribution in [0.15, 0.2) is 30.3 Å². The number of benzene rings is 1. The molecule has 1 aromatic carbocycles. The second-order valence-corrected chi connectivity index (χ2v) is 5.80. The molecule has 0 bridgehead atoms. The quantitative estimate of drug-likeness (QED) is 0.828. The summed E-state index contributed by atoms with van der Waals surface area (Å²) in [6.07, 6.45) is 1.05. The van der Waals surface area contributed by atoms with Gasteiger partial charge in [-0.25, -0.2) is 4.39 Å². The molecule has 0 atom stereocenters. The smallest absolute Gasteiger partial charge is 0.124 e. The lowest BCUT2D eigenvalue weighted by atomic mass is 10.2. The van der Waals surface area contributed by atoms with E-state index in [0.717, 1.165) is 24.3 Å². The second kappa shape index (κ2) is 7.41. The van der Waals surface area contributed by atoms with Crippen LogP contribution in [-0.2, 0) is 19.6 Å². The summed E-state index contributed by atoms with van der Waals surface area (Å²) < 4.78 is 19.1. The maximum Gasteiger partial charge on any atom is 0.124 e. The van der Waals surface area contributed by atoms with Gasteiger partial charge in [0.25, 0.3) is 0 Å². The maximum atomic E-state index is 13.3. The van der Waals surface area contributed by atoms with Gasteiger partial charge in [-0.3, -0.25) is 0 Å². The first-order valence-corrected chi connectivity index (χ1v) is 7.74. The van der Waals surface area contributed by atoms with E-state index in [-0.39, 0.29) is 5.82 Å². The monoisotopic (exact) mass is 293 g/mol. The summed E-state index contributed by atoms with van der Waals surface area (Å²) in [6, 6.07) is 8.90. The van der Waals surface area contributed by atoms with Crippen molar-refractivity contribution in [1.82, 2.24) is 5.32 Å². The summed E-state index contributed by atoms with van der Waals surface area (Å²) in [5, 5.41) is 3.20. The second-order valence-electron chi connectivity index (χ2n) is 4.54. The van der Waals surface area contributed by atoms with Gasteiger partial charge < -0.3 is 10.1 Å². The Kier molecular flexibility index (Phi) is 5.56. The molecule has 0 saturated heterocycles. The van der Waals surface area contributed by atoms with Crippen LogP contribution in [0.3, 0.4) is 0 Å². The molecule has 2 nitrogen and oxygen atoms in total. The van der Waals surface area contributed by atoms with Gasteiger partial charge in [-0.1, -0.05) is 13.8 Å². The summed E-state index contributed by atoms with van der Waals surface area (Å²) in [5.41, 5.74) is 0.860. The Morgan fingerprint density at radius 3 is 2.65 bits per heavy atom. The van der Waals surface area contributed by atoms with Gasteiger partial charge in [0.15, 0.2) is 0 Å². The predicted molar refractivity (Wildman–Crippen MR) is 81.8 cm³/mol. The van der Waals surface area contributed by atoms with Crippen LogP contribution in [0.5, 0.6) is 5.75 Å². The van der Waals surface area contributed by atoms with Gasteiger partial charge in [-0.05, 0) is 43.3 Å². The van der Waals surface area contributed by atoms with Crippen LogP contribution < -0.4 is 10.1 Å². The fourth-order valence-corrected chi connectivity index (χ4v) is 2.80. The number of hydrogen-bond acceptors (Lipinski definition) is 3. The summed E-state index contributed by atoms with van der Waals surface area (Å²) in [5.74, 6) is 0.522. The van der Waals surface area contributed by atoms with Crippen LogP contribution in [0.4, 0.5) is 4.39 Å². The molecule has 108 valence electrons. The average Bonchev–Trinajstić information content (AvgIpc) is 2.92. The van der Waals surface area contributed by atoms with Gasteiger partial charge in [-0.2, -0.15) is 0 Å². The highest BCUT2D eigenvalue weighted by Gasteiger charge is 2.06. The van der Waals surface area contributed by atoms with Crippen LogP contribution in [0.2, 0.25) is 0 Å². The minimum atomic E-state index is -0.227. The Balaban J connectivity index is 2.04. The maximum absolute atomic E-state index is 13.3. The number of ether oxygens (including phenoxy) is 1. The first kappa shape index (κ1) is 15.0. The lowest BCUT2D eigenvalue weighted by Gasteiger charge is -2.11. The Morgan fingerprint density at radius 2 is 1.95 bits per heavy atom. The molecular formula is C16H20FNOS. The van der Waals surface area contributed by atoms with E-state index in [4.69, 9.17) is 4.74 Å². The van der Waals surface area contributed by atoms with Crippen LogP contribution in [0, 0.1) is 5.82 Å². The minimum Gasteiger partial charge on any atom is -0.488 e. The van der Waals surface area contributed by atoms with Crippen molar-refractivity contribution in [2.75, 3.05) is 6.54 Å². The Hall–Kier alpha value is -1.39. The molecule has 0 unspecified atom stereocenters. The molecule has 1 aromatic heterocycles. The third-order valence-corrected chi connectivity index (χ3v) is 4.23. The summed E-state index contributed by atoms with van der Waals surface area (Å²) in [6.45, 7) is 6.17. The molecule has 0 aliphatic heterocycles. The van der Waals surface area contributed by atoms with Crippen molar-refractivity contribution in [3.8, 4) is 5.75 Å². The molecule has 2 rings (SSSR count). The molecule has 1 N–H and O–H groups in total. The van der Waals surface area contributed by atoms with Gasteiger partial charge in [0, 0.05) is 21.9 Å². The van der Waals surface area contributed by atoms with E-state index in [1.807, 2.05) is 6.92 Å². The average molecular weight is 293 g/mol. The van der Waals surface area contributed by atoms with E-state index in [2.05, 4.69) is 24.4 Å². The fraction of sp³-hybridized carbons (Fsp3) is 0.375. The number of hydrogen-bond donors (Lipinski definition) is 1. The highest BCUT2D eigenvalue weighted by Crippen LogP contribution is 2.23. The number of rotatable bonds is 7. The zero-order valence-electron chi connectivity index (χ0n) is 11.9. The van der Waals surface area contributed by atoms with E-state index in [1.54, 1.807) is 17.4 Å². The molecule has 0 spiro atoms. The summed E-state index contributed by atoms with van der Waals surface area (Å²) >= 11 is 1.76. The Labute approximate surface area is 123 Å². The van der Waals surface area contributed by atoms with Crippen molar-refractivity contribution in [2.45, 2.75) is 33.4 Å². The topological polar surface area (TPSA) is 21.3 Å². The Morgan fingerprint density at radius 1 is 1.15 bits per heavy atom. The molecule has 0 saturated carbocycles. The fourth-order valence-electron chi connectivity index (χ4n) is 1.93. The summed E-state index contributed by atoms with van der Waals surface area (Å²) in [7, 11) is 0. The molecule has 0 aliphatic carbocycles. The molecular weight excluding hydrogens is 273 g/mol. The minimum absolute atomic E-state index is 0.227. The largest absolute Gasteiger partial charge is 0.488 e. The van der Waals surface area contributed by atoms with E-state index in [9.17, 15) is 4.39 Å². The van der Waals surface area contributed by atoms with E-state index < -0.39 is 0 Å². The van der Waals surface area contributed by atoms with Gasteiger partial charge in [0.2, 0.25) is 0 Å². The molecule has 0 radical (unpaired) electrons. The normalized spacial score (nSPS) is 10.8. The van der Waals surface area contributed by atoms with Gasteiger partial charge in [-0.15, -0.1) is 11.3 Å². The van der Waals surface area contributed by atoms with Crippen LogP contribution in [0.25, 0.3) is 0 Å². The van der Waals surface area contributed by atoms with Crippen molar-refractivity contribution in [1.29, 1.82) is 0 Å². The van der Waals surface area contributed by atoms with Gasteiger partial charge >= 0.3 is 0 Å². The van der Waals surface area contributed by atoms with E-state index >= 15 is 0 Å². The molecule has 0 fully saturated rings. The zero-order valence-corrected chi connectivity index (χ0v) is 12.7. The third kappa shape index (κ3) is 4.05. The van der Waals surface area contributed by atoms with Gasteiger partial charge in [0.1, 0.15) is 18.2 Å². The molecule has 4 heteroatoms. The molecule has 2 aromatic rings. The molecule has 1 heterocycles. The first-order valence-electron chi connectivity index (χ1n) is 6.92. The first-order chi connectivity index (χ1) is 9.72. The highest BCUT2D eigenvalue weighted by atomic mass is 32.1. The number of thiophene rings is 1. The van der Waals surface area contributed by atoms with E-state index in [0.29, 0.717) is 13.2 Å². The van der Waals surface area contributed by atoms with Crippen molar-refractivity contribution < 1.29 is 9.13 Å². The van der Waals surface area contributed by atoms with Gasteiger partial charge in [0.05, 0.1) is 0 Å². The molecule has 0 aliphatic rings. The lowest BCUT2D eigenvalue weighted by molar-refractivity contribution is 0.305. The third-order valence-electron chi connectivity index (χ3n) is 3.02. The zero-order chi connectivity index (χ0) is 14.4. The number of halogens is 1. The number of aryl methyl sites for hydroxylation is 1. The predicted octanol–water partition coefficient (Wildman–Crippen LogP) is 4.14. The van der Waals surface area contributed by atoms with Crippen molar-refractivity contribution in [3.05, 3.63) is 51.5 Å². The van der Waals surface area contributed by atoms with Crippen LogP contribution in [0.1, 0.15) is 29.2 Å². The lowest BCUT2D eigenvalue weighted by Crippen LogP contribution is -2.13. The van der Waals surface area contributed by atoms with Crippen molar-refractivity contribution in [2.24, 2.45) is 0 Å². The SMILES string of the molecule is CCNCc1cc(F)ccc1OCc1ccc(CC)s1. The van der Waals surface area contributed by atoms with Crippen LogP contribution >= 0.6 is 11.3 Å². The summed E-state index contributed by atoms with van der Waals surface area (Å²) in [4.78, 5) is 2.55. The molecule has 20 heavy (non-hydrogen) atoms. The van der Waals surface area contributed by atoms with Crippen molar-refractivity contribution >= 4 is 11.3 Å². The van der Waals surface area contributed by atoms with E-state index in [1.165, 1.54) is 21.9 Å². The van der Waals surface area contributed by atoms with Crippen LogP contribution in [-0.4, -0.2) is 6.54 Å². The highest BCUT2D eigenvalue weighted by molar-refractivity contribution is 7.11.